The van der Waals surface area contributed by atoms with Gasteiger partial charge in [-0.3, -0.25) is 4.79 Å². The van der Waals surface area contributed by atoms with Gasteiger partial charge >= 0.3 is 0 Å². The molecule has 0 bridgehead atoms. The van der Waals surface area contributed by atoms with Crippen molar-refractivity contribution in [2.45, 2.75) is 11.4 Å². The predicted octanol–water partition coefficient (Wildman–Crippen LogP) is 1.92. The third-order valence-electron chi connectivity index (χ3n) is 4.16. The van der Waals surface area contributed by atoms with Gasteiger partial charge in [-0.25, -0.2) is 17.2 Å². The van der Waals surface area contributed by atoms with Gasteiger partial charge in [-0.05, 0) is 35.9 Å². The zero-order valence-electron chi connectivity index (χ0n) is 14.3. The van der Waals surface area contributed by atoms with Crippen molar-refractivity contribution in [3.05, 3.63) is 65.2 Å². The summed E-state index contributed by atoms with van der Waals surface area (Å²) < 4.78 is 58.4. The van der Waals surface area contributed by atoms with Gasteiger partial charge in [0.15, 0.2) is 0 Å². The first-order chi connectivity index (χ1) is 12.9. The molecule has 0 radical (unpaired) electrons. The summed E-state index contributed by atoms with van der Waals surface area (Å²) in [6.45, 7) is 1.38. The Morgan fingerprint density at radius 3 is 2.41 bits per heavy atom. The van der Waals surface area contributed by atoms with Crippen molar-refractivity contribution in [1.29, 1.82) is 0 Å². The van der Waals surface area contributed by atoms with Crippen LogP contribution in [-0.2, 0) is 21.3 Å². The quantitative estimate of drug-likeness (QED) is 0.838. The van der Waals surface area contributed by atoms with E-state index in [-0.39, 0.29) is 17.0 Å². The van der Waals surface area contributed by atoms with Crippen LogP contribution >= 0.6 is 0 Å². The van der Waals surface area contributed by atoms with Crippen LogP contribution in [0.4, 0.5) is 8.78 Å². The zero-order valence-corrected chi connectivity index (χ0v) is 15.1. The van der Waals surface area contributed by atoms with Gasteiger partial charge in [0.05, 0.1) is 23.7 Å². The van der Waals surface area contributed by atoms with Crippen molar-refractivity contribution >= 4 is 15.9 Å². The molecule has 3 rings (SSSR count). The molecule has 1 amide bonds. The molecule has 9 heteroatoms. The monoisotopic (exact) mass is 396 g/mol. The van der Waals surface area contributed by atoms with Crippen LogP contribution in [0.5, 0.6) is 0 Å². The maximum absolute atomic E-state index is 13.6. The molecule has 1 aliphatic heterocycles. The van der Waals surface area contributed by atoms with E-state index in [9.17, 15) is 22.0 Å². The second kappa shape index (κ2) is 8.12. The highest BCUT2D eigenvalue weighted by atomic mass is 32.2. The maximum Gasteiger partial charge on any atom is 0.254 e. The number of hydrogen-bond acceptors (Lipinski definition) is 4. The summed E-state index contributed by atoms with van der Waals surface area (Å²) in [6.07, 6.45) is 0. The molecule has 2 aromatic carbocycles. The van der Waals surface area contributed by atoms with Crippen LogP contribution in [0.1, 0.15) is 15.9 Å². The van der Waals surface area contributed by atoms with Gasteiger partial charge in [-0.1, -0.05) is 12.1 Å². The van der Waals surface area contributed by atoms with E-state index in [0.717, 1.165) is 18.2 Å². The van der Waals surface area contributed by atoms with Gasteiger partial charge in [-0.2, -0.15) is 4.31 Å². The molecular formula is C18H18F2N2O4S. The smallest absolute Gasteiger partial charge is 0.254 e. The van der Waals surface area contributed by atoms with Crippen LogP contribution in [0, 0.1) is 11.6 Å². The van der Waals surface area contributed by atoms with Crippen LogP contribution in [-0.4, -0.2) is 44.9 Å². The molecule has 1 heterocycles. The number of halogens is 2. The Hall–Kier alpha value is -2.36. The fourth-order valence-corrected chi connectivity index (χ4v) is 4.07. The number of carbonyl (C=O) groups excluding carboxylic acids is 1. The Balaban J connectivity index is 1.65. The van der Waals surface area contributed by atoms with Crippen molar-refractivity contribution in [2.75, 3.05) is 26.3 Å². The first-order valence-electron chi connectivity index (χ1n) is 8.28. The molecular weight excluding hydrogens is 378 g/mol. The van der Waals surface area contributed by atoms with Crippen molar-refractivity contribution in [3.63, 3.8) is 0 Å². The van der Waals surface area contributed by atoms with Crippen LogP contribution in [0.2, 0.25) is 0 Å². The molecule has 27 heavy (non-hydrogen) atoms. The third kappa shape index (κ3) is 4.49. The van der Waals surface area contributed by atoms with Crippen LogP contribution in [0.3, 0.4) is 0 Å². The highest BCUT2D eigenvalue weighted by Gasteiger charge is 2.26. The summed E-state index contributed by atoms with van der Waals surface area (Å²) in [5.41, 5.74) is 0.239. The van der Waals surface area contributed by atoms with Crippen LogP contribution in [0.15, 0.2) is 47.4 Å². The van der Waals surface area contributed by atoms with E-state index in [1.807, 2.05) is 0 Å². The van der Waals surface area contributed by atoms with Crippen LogP contribution in [0.25, 0.3) is 0 Å². The lowest BCUT2D eigenvalue weighted by Gasteiger charge is -2.26. The van der Waals surface area contributed by atoms with Gasteiger partial charge in [0.2, 0.25) is 10.0 Å². The van der Waals surface area contributed by atoms with Gasteiger partial charge in [0.1, 0.15) is 11.6 Å². The number of amides is 1. The molecule has 144 valence electrons. The minimum absolute atomic E-state index is 0.0483. The molecule has 0 aromatic heterocycles. The number of morpholine rings is 1. The second-order valence-electron chi connectivity index (χ2n) is 5.97. The van der Waals surface area contributed by atoms with E-state index in [1.54, 1.807) is 12.1 Å². The van der Waals surface area contributed by atoms with Crippen molar-refractivity contribution in [1.82, 2.24) is 9.62 Å². The molecule has 0 spiro atoms. The molecule has 0 saturated carbocycles. The molecule has 1 N–H and O–H groups in total. The molecule has 6 nitrogen and oxygen atoms in total. The Morgan fingerprint density at radius 1 is 1.07 bits per heavy atom. The van der Waals surface area contributed by atoms with Crippen LogP contribution < -0.4 is 5.32 Å². The minimum Gasteiger partial charge on any atom is -0.379 e. The van der Waals surface area contributed by atoms with Gasteiger partial charge in [-0.15, -0.1) is 0 Å². The number of rotatable bonds is 5. The summed E-state index contributed by atoms with van der Waals surface area (Å²) in [5, 5.41) is 2.48. The molecule has 1 aliphatic rings. The Bertz CT molecular complexity index is 927. The van der Waals surface area contributed by atoms with E-state index in [1.165, 1.54) is 16.4 Å². The average molecular weight is 396 g/mol. The lowest BCUT2D eigenvalue weighted by molar-refractivity contribution is 0.0730. The van der Waals surface area contributed by atoms with E-state index in [2.05, 4.69) is 5.32 Å². The Labute approximate surface area is 155 Å². The molecule has 1 fully saturated rings. The number of sulfonamides is 1. The van der Waals surface area contributed by atoms with E-state index in [0.29, 0.717) is 31.9 Å². The van der Waals surface area contributed by atoms with Gasteiger partial charge in [0, 0.05) is 19.6 Å². The molecule has 0 aliphatic carbocycles. The van der Waals surface area contributed by atoms with Crippen molar-refractivity contribution in [3.8, 4) is 0 Å². The Kier molecular flexibility index (Phi) is 5.83. The number of benzene rings is 2. The lowest BCUT2D eigenvalue weighted by atomic mass is 10.1. The summed E-state index contributed by atoms with van der Waals surface area (Å²) in [4.78, 5) is 12.1. The van der Waals surface area contributed by atoms with Gasteiger partial charge < -0.3 is 10.1 Å². The van der Waals surface area contributed by atoms with Crippen molar-refractivity contribution in [2.24, 2.45) is 0 Å². The van der Waals surface area contributed by atoms with Crippen molar-refractivity contribution < 1.29 is 26.7 Å². The first-order valence-corrected chi connectivity index (χ1v) is 9.72. The maximum atomic E-state index is 13.6. The number of nitrogens with one attached hydrogen (secondary N) is 1. The molecule has 1 saturated heterocycles. The fourth-order valence-electron chi connectivity index (χ4n) is 2.66. The normalized spacial score (nSPS) is 15.5. The summed E-state index contributed by atoms with van der Waals surface area (Å²) in [5.74, 6) is -2.28. The highest BCUT2D eigenvalue weighted by molar-refractivity contribution is 7.89. The van der Waals surface area contributed by atoms with Gasteiger partial charge in [0.25, 0.3) is 5.91 Å². The Morgan fingerprint density at radius 2 is 1.74 bits per heavy atom. The minimum atomic E-state index is -3.59. The highest BCUT2D eigenvalue weighted by Crippen LogP contribution is 2.18. The average Bonchev–Trinajstić information content (AvgIpc) is 2.69. The topological polar surface area (TPSA) is 75.7 Å². The summed E-state index contributed by atoms with van der Waals surface area (Å²) in [7, 11) is -3.59. The standard InChI is InChI=1S/C18H18F2N2O4S/c19-14-3-6-17(20)16(11-14)18(23)21-12-13-1-4-15(5-2-13)27(24,25)22-7-9-26-10-8-22/h1-6,11H,7-10,12H2,(H,21,23). The SMILES string of the molecule is O=C(NCc1ccc(S(=O)(=O)N2CCOCC2)cc1)c1cc(F)ccc1F. The zero-order chi connectivity index (χ0) is 19.4. The molecule has 0 atom stereocenters. The largest absolute Gasteiger partial charge is 0.379 e. The van der Waals surface area contributed by atoms with E-state index < -0.39 is 27.6 Å². The fraction of sp³-hybridized carbons (Fsp3) is 0.278. The summed E-state index contributed by atoms with van der Waals surface area (Å²) in [6, 6.07) is 8.67. The van der Waals surface area contributed by atoms with E-state index in [4.69, 9.17) is 4.74 Å². The molecule has 2 aromatic rings. The first kappa shape index (κ1) is 19.4. The number of nitrogens with zero attached hydrogens (tertiary/aromatic N) is 1. The number of hydrogen-bond donors (Lipinski definition) is 1. The number of carbonyl (C=O) groups is 1. The second-order valence-corrected chi connectivity index (χ2v) is 7.91. The lowest BCUT2D eigenvalue weighted by Crippen LogP contribution is -2.40. The summed E-state index contributed by atoms with van der Waals surface area (Å²) >= 11 is 0. The molecule has 0 unspecified atom stereocenters. The number of ether oxygens (including phenoxy) is 1. The van der Waals surface area contributed by atoms with E-state index >= 15 is 0 Å². The predicted molar refractivity (Wildman–Crippen MR) is 93.5 cm³/mol. The third-order valence-corrected chi connectivity index (χ3v) is 6.07.